The molecular formula is C20H21N3O3. The van der Waals surface area contributed by atoms with Crippen LogP contribution in [-0.2, 0) is 11.3 Å². The lowest BCUT2D eigenvalue weighted by Gasteiger charge is -2.31. The second kappa shape index (κ2) is 7.07. The molecule has 1 aromatic heterocycles. The first-order chi connectivity index (χ1) is 12.7. The third kappa shape index (κ3) is 3.22. The molecule has 0 spiro atoms. The Labute approximate surface area is 151 Å². The van der Waals surface area contributed by atoms with Gasteiger partial charge in [0.25, 0.3) is 5.91 Å². The van der Waals surface area contributed by atoms with Crippen molar-refractivity contribution in [3.05, 3.63) is 54.9 Å². The normalized spacial score (nSPS) is 18.7. The van der Waals surface area contributed by atoms with E-state index < -0.39 is 6.10 Å². The average Bonchev–Trinajstić information content (AvgIpc) is 3.07. The predicted octanol–water partition coefficient (Wildman–Crippen LogP) is 2.77. The molecule has 1 amide bonds. The van der Waals surface area contributed by atoms with E-state index in [2.05, 4.69) is 14.9 Å². The maximum atomic E-state index is 12.5. The Morgan fingerprint density at radius 1 is 1.12 bits per heavy atom. The highest BCUT2D eigenvalue weighted by Gasteiger charge is 2.33. The van der Waals surface area contributed by atoms with Crippen LogP contribution in [0.25, 0.3) is 11.0 Å². The number of hydrogen-bond donors (Lipinski definition) is 1. The van der Waals surface area contributed by atoms with Gasteiger partial charge in [0.1, 0.15) is 6.10 Å². The van der Waals surface area contributed by atoms with E-state index in [0.717, 1.165) is 24.0 Å². The number of aromatic nitrogens is 2. The molecule has 0 saturated carbocycles. The third-order valence-electron chi connectivity index (χ3n) is 4.50. The van der Waals surface area contributed by atoms with E-state index in [-0.39, 0.29) is 12.0 Å². The number of aryl methyl sites for hydroxylation is 1. The molecule has 26 heavy (non-hydrogen) atoms. The van der Waals surface area contributed by atoms with Crippen molar-refractivity contribution in [3.63, 3.8) is 0 Å². The highest BCUT2D eigenvalue weighted by Crippen LogP contribution is 2.33. The minimum absolute atomic E-state index is 0.150. The van der Waals surface area contributed by atoms with Crippen LogP contribution in [-0.4, -0.2) is 34.2 Å². The van der Waals surface area contributed by atoms with Crippen LogP contribution in [0.2, 0.25) is 0 Å². The van der Waals surface area contributed by atoms with Gasteiger partial charge in [0.2, 0.25) is 6.10 Å². The molecule has 0 bridgehead atoms. The zero-order chi connectivity index (χ0) is 17.9. The summed E-state index contributed by atoms with van der Waals surface area (Å²) in [6.45, 7) is 3.21. The van der Waals surface area contributed by atoms with Crippen LogP contribution in [0.4, 0.5) is 0 Å². The minimum atomic E-state index is -0.640. The number of benzene rings is 2. The summed E-state index contributed by atoms with van der Waals surface area (Å²) in [7, 11) is 0. The van der Waals surface area contributed by atoms with Gasteiger partial charge in [0.05, 0.1) is 17.4 Å². The topological polar surface area (TPSA) is 65.4 Å². The molecule has 1 aliphatic heterocycles. The van der Waals surface area contributed by atoms with Gasteiger partial charge in [-0.25, -0.2) is 4.98 Å². The van der Waals surface area contributed by atoms with Crippen molar-refractivity contribution in [1.82, 2.24) is 14.9 Å². The summed E-state index contributed by atoms with van der Waals surface area (Å²) in [5.74, 6) is 1.13. The maximum Gasteiger partial charge on any atom is 0.265 e. The van der Waals surface area contributed by atoms with Crippen LogP contribution in [0.3, 0.4) is 0 Å². The summed E-state index contributed by atoms with van der Waals surface area (Å²) in [5, 5.41) is 2.95. The molecule has 134 valence electrons. The average molecular weight is 351 g/mol. The summed E-state index contributed by atoms with van der Waals surface area (Å²) in [6.07, 6.45) is 1.68. The molecule has 1 N–H and O–H groups in total. The second-order valence-electron chi connectivity index (χ2n) is 6.38. The number of imidazole rings is 1. The van der Waals surface area contributed by atoms with Crippen molar-refractivity contribution in [2.24, 2.45) is 0 Å². The Balaban J connectivity index is 1.30. The molecule has 3 aromatic rings. The van der Waals surface area contributed by atoms with E-state index in [1.165, 1.54) is 0 Å². The smallest absolute Gasteiger partial charge is 0.265 e. The Morgan fingerprint density at radius 2 is 1.85 bits per heavy atom. The lowest BCUT2D eigenvalue weighted by molar-refractivity contribution is -0.133. The number of para-hydroxylation sites is 4. The van der Waals surface area contributed by atoms with Gasteiger partial charge >= 0.3 is 0 Å². The number of nitrogens with one attached hydrogen (secondary N) is 1. The highest BCUT2D eigenvalue weighted by atomic mass is 16.6. The zero-order valence-corrected chi connectivity index (χ0v) is 14.6. The molecule has 2 heterocycles. The third-order valence-corrected chi connectivity index (χ3v) is 4.50. The van der Waals surface area contributed by atoms with E-state index in [0.29, 0.717) is 18.0 Å². The van der Waals surface area contributed by atoms with Gasteiger partial charge in [-0.2, -0.15) is 0 Å². The molecule has 4 rings (SSSR count). The maximum absolute atomic E-state index is 12.5. The van der Waals surface area contributed by atoms with E-state index in [1.807, 2.05) is 61.8 Å². The van der Waals surface area contributed by atoms with E-state index in [9.17, 15) is 4.79 Å². The Hall–Kier alpha value is -3.02. The molecule has 0 aliphatic carbocycles. The van der Waals surface area contributed by atoms with E-state index in [4.69, 9.17) is 9.47 Å². The first kappa shape index (κ1) is 16.4. The van der Waals surface area contributed by atoms with E-state index in [1.54, 1.807) is 0 Å². The van der Waals surface area contributed by atoms with Crippen molar-refractivity contribution in [3.8, 4) is 11.5 Å². The zero-order valence-electron chi connectivity index (χ0n) is 14.6. The predicted molar refractivity (Wildman–Crippen MR) is 98.3 cm³/mol. The van der Waals surface area contributed by atoms with Crippen LogP contribution in [0.5, 0.6) is 11.5 Å². The molecule has 6 heteroatoms. The number of carbonyl (C=O) groups excluding carboxylic acids is 1. The standard InChI is InChI=1S/C20H21N3O3/c1-14-19(26-18-10-5-4-9-17(18)25-14)20(24)21-11-6-12-23-13-22-15-7-2-3-8-16(15)23/h2-5,7-10,13-14,19H,6,11-12H2,1H3,(H,21,24). The Kier molecular flexibility index (Phi) is 4.48. The number of fused-ring (bicyclic) bond motifs is 2. The molecule has 0 saturated heterocycles. The molecule has 1 aliphatic rings. The molecule has 6 nitrogen and oxygen atoms in total. The summed E-state index contributed by atoms with van der Waals surface area (Å²) in [6, 6.07) is 15.4. The molecule has 2 aromatic carbocycles. The van der Waals surface area contributed by atoms with Crippen LogP contribution >= 0.6 is 0 Å². The van der Waals surface area contributed by atoms with Crippen LogP contribution < -0.4 is 14.8 Å². The van der Waals surface area contributed by atoms with E-state index >= 15 is 0 Å². The largest absolute Gasteiger partial charge is 0.482 e. The van der Waals surface area contributed by atoms with Gasteiger partial charge < -0.3 is 19.4 Å². The number of carbonyl (C=O) groups is 1. The minimum Gasteiger partial charge on any atom is -0.482 e. The Morgan fingerprint density at radius 3 is 2.69 bits per heavy atom. The van der Waals surface area contributed by atoms with Gasteiger partial charge in [-0.1, -0.05) is 24.3 Å². The highest BCUT2D eigenvalue weighted by molar-refractivity contribution is 5.82. The van der Waals surface area contributed by atoms with Gasteiger partial charge in [0, 0.05) is 13.1 Å². The molecule has 0 radical (unpaired) electrons. The number of amides is 1. The van der Waals surface area contributed by atoms with Gasteiger partial charge in [-0.3, -0.25) is 4.79 Å². The molecular weight excluding hydrogens is 330 g/mol. The van der Waals surface area contributed by atoms with Crippen molar-refractivity contribution in [2.75, 3.05) is 6.54 Å². The number of ether oxygens (including phenoxy) is 2. The number of nitrogens with zero attached hydrogens (tertiary/aromatic N) is 2. The van der Waals surface area contributed by atoms with Gasteiger partial charge in [0.15, 0.2) is 11.5 Å². The Bertz CT molecular complexity index is 921. The fraction of sp³-hybridized carbons (Fsp3) is 0.300. The van der Waals surface area contributed by atoms with Crippen LogP contribution in [0.15, 0.2) is 54.9 Å². The fourth-order valence-corrected chi connectivity index (χ4v) is 3.16. The summed E-state index contributed by atoms with van der Waals surface area (Å²) < 4.78 is 13.7. The van der Waals surface area contributed by atoms with Crippen LogP contribution in [0.1, 0.15) is 13.3 Å². The quantitative estimate of drug-likeness (QED) is 0.718. The number of hydrogen-bond acceptors (Lipinski definition) is 4. The van der Waals surface area contributed by atoms with Crippen molar-refractivity contribution < 1.29 is 14.3 Å². The molecule has 2 atom stereocenters. The van der Waals surface area contributed by atoms with Gasteiger partial charge in [-0.05, 0) is 37.6 Å². The van der Waals surface area contributed by atoms with Crippen molar-refractivity contribution in [2.45, 2.75) is 32.1 Å². The summed E-state index contributed by atoms with van der Waals surface area (Å²) >= 11 is 0. The van der Waals surface area contributed by atoms with Crippen molar-refractivity contribution in [1.29, 1.82) is 0 Å². The first-order valence-corrected chi connectivity index (χ1v) is 8.82. The first-order valence-electron chi connectivity index (χ1n) is 8.82. The molecule has 0 fully saturated rings. The SMILES string of the molecule is CC1Oc2ccccc2OC1C(=O)NCCCn1cnc2ccccc21. The lowest BCUT2D eigenvalue weighted by atomic mass is 10.1. The van der Waals surface area contributed by atoms with Gasteiger partial charge in [-0.15, -0.1) is 0 Å². The molecule has 2 unspecified atom stereocenters. The monoisotopic (exact) mass is 351 g/mol. The lowest BCUT2D eigenvalue weighted by Crippen LogP contribution is -2.49. The fourth-order valence-electron chi connectivity index (χ4n) is 3.16. The summed E-state index contributed by atoms with van der Waals surface area (Å²) in [4.78, 5) is 16.8. The second-order valence-corrected chi connectivity index (χ2v) is 6.38. The number of rotatable bonds is 5. The van der Waals surface area contributed by atoms with Crippen molar-refractivity contribution >= 4 is 16.9 Å². The van der Waals surface area contributed by atoms with Crippen LogP contribution in [0, 0.1) is 0 Å². The summed E-state index contributed by atoms with van der Waals surface area (Å²) in [5.41, 5.74) is 2.09.